The Balaban J connectivity index is 1.65. The lowest BCUT2D eigenvalue weighted by atomic mass is 10.0. The monoisotopic (exact) mass is 301 g/mol. The maximum Gasteiger partial charge on any atom is 0.227 e. The molecule has 3 heterocycles. The van der Waals surface area contributed by atoms with Gasteiger partial charge in [0.2, 0.25) is 5.91 Å². The summed E-state index contributed by atoms with van der Waals surface area (Å²) in [5.74, 6) is 0.152. The van der Waals surface area contributed by atoms with E-state index in [-0.39, 0.29) is 24.2 Å². The predicted octanol–water partition coefficient (Wildman–Crippen LogP) is 0.584. The molecular weight excluding hydrogens is 285 g/mol. The van der Waals surface area contributed by atoms with Gasteiger partial charge in [-0.3, -0.25) is 4.79 Å². The molecule has 7 heteroatoms. The minimum Gasteiger partial charge on any atom is -0.338 e. The number of hydrogen-bond donors (Lipinski definition) is 1. The lowest BCUT2D eigenvalue weighted by Gasteiger charge is -2.20. The number of benzene rings is 1. The first-order valence-electron chi connectivity index (χ1n) is 7.37. The molecule has 2 aliphatic heterocycles. The molecule has 2 aliphatic rings. The van der Waals surface area contributed by atoms with Gasteiger partial charge in [0, 0.05) is 31.1 Å². The number of amides is 1. The molecule has 2 unspecified atom stereocenters. The normalized spacial score (nSPS) is 24.0. The molecule has 1 aromatic carbocycles. The van der Waals surface area contributed by atoms with E-state index in [2.05, 4.69) is 15.5 Å². The molecule has 2 fully saturated rings. The number of nitrogens with one attached hydrogen (secondary N) is 1. The minimum atomic E-state index is -0.335. The average molecular weight is 301 g/mol. The average Bonchev–Trinajstić information content (AvgIpc) is 3.22. The van der Waals surface area contributed by atoms with Gasteiger partial charge in [0.15, 0.2) is 0 Å². The highest BCUT2D eigenvalue weighted by atomic mass is 19.1. The number of halogens is 1. The summed E-state index contributed by atoms with van der Waals surface area (Å²) >= 11 is 0. The first-order chi connectivity index (χ1) is 10.7. The number of nitrogens with zero attached hydrogens (tertiary/aromatic N) is 4. The second kappa shape index (κ2) is 5.17. The zero-order valence-electron chi connectivity index (χ0n) is 11.9. The van der Waals surface area contributed by atoms with Gasteiger partial charge >= 0.3 is 0 Å². The van der Waals surface area contributed by atoms with Gasteiger partial charge in [-0.1, -0.05) is 6.07 Å². The Labute approximate surface area is 126 Å². The molecule has 0 aliphatic carbocycles. The fourth-order valence-corrected chi connectivity index (χ4v) is 3.39. The van der Waals surface area contributed by atoms with Crippen LogP contribution in [-0.4, -0.2) is 45.4 Å². The number of aromatic nitrogens is 3. The van der Waals surface area contributed by atoms with Crippen molar-refractivity contribution in [2.45, 2.75) is 6.54 Å². The molecule has 2 saturated heterocycles. The second-order valence-electron chi connectivity index (χ2n) is 5.80. The number of likely N-dealkylation sites (tertiary alicyclic amines) is 1. The number of hydrogen-bond acceptors (Lipinski definition) is 4. The van der Waals surface area contributed by atoms with E-state index >= 15 is 0 Å². The van der Waals surface area contributed by atoms with E-state index in [1.165, 1.54) is 10.9 Å². The maximum absolute atomic E-state index is 14.3. The highest BCUT2D eigenvalue weighted by Gasteiger charge is 2.43. The standard InChI is InChI=1S/C15H16FN5O/c16-13-2-1-3-14(21-18-4-5-19-21)12(13)9-20-8-10-6-17-7-11(10)15(20)22/h1-5,10-11,17H,6-9H2. The summed E-state index contributed by atoms with van der Waals surface area (Å²) in [6, 6.07) is 4.80. The van der Waals surface area contributed by atoms with E-state index in [1.54, 1.807) is 29.4 Å². The smallest absolute Gasteiger partial charge is 0.227 e. The first-order valence-corrected chi connectivity index (χ1v) is 7.37. The Morgan fingerprint density at radius 3 is 2.86 bits per heavy atom. The van der Waals surface area contributed by atoms with Crippen molar-refractivity contribution >= 4 is 5.91 Å². The SMILES string of the molecule is O=C1C2CNCC2CN1Cc1c(F)cccc1-n1nccn1. The molecule has 1 amide bonds. The van der Waals surface area contributed by atoms with Gasteiger partial charge in [0.1, 0.15) is 5.82 Å². The van der Waals surface area contributed by atoms with E-state index in [4.69, 9.17) is 0 Å². The molecule has 22 heavy (non-hydrogen) atoms. The van der Waals surface area contributed by atoms with Crippen molar-refractivity contribution in [2.24, 2.45) is 11.8 Å². The van der Waals surface area contributed by atoms with Gasteiger partial charge in [0.25, 0.3) is 0 Å². The summed E-state index contributed by atoms with van der Waals surface area (Å²) in [6.07, 6.45) is 3.09. The Kier molecular flexibility index (Phi) is 3.15. The van der Waals surface area contributed by atoms with E-state index in [0.717, 1.165) is 13.1 Å². The van der Waals surface area contributed by atoms with Gasteiger partial charge in [-0.05, 0) is 12.1 Å². The van der Waals surface area contributed by atoms with Crippen molar-refractivity contribution in [2.75, 3.05) is 19.6 Å². The third kappa shape index (κ3) is 2.09. The Morgan fingerprint density at radius 2 is 2.09 bits per heavy atom. The zero-order chi connectivity index (χ0) is 15.1. The summed E-state index contributed by atoms with van der Waals surface area (Å²) in [5, 5.41) is 11.4. The van der Waals surface area contributed by atoms with Crippen LogP contribution in [0, 0.1) is 17.7 Å². The number of carbonyl (C=O) groups is 1. The van der Waals surface area contributed by atoms with Crippen LogP contribution in [0.1, 0.15) is 5.56 Å². The molecule has 0 saturated carbocycles. The van der Waals surface area contributed by atoms with Gasteiger partial charge in [-0.15, -0.1) is 0 Å². The predicted molar refractivity (Wildman–Crippen MR) is 76.6 cm³/mol. The number of rotatable bonds is 3. The van der Waals surface area contributed by atoms with Gasteiger partial charge in [-0.25, -0.2) is 4.39 Å². The van der Waals surface area contributed by atoms with Crippen molar-refractivity contribution in [3.63, 3.8) is 0 Å². The quantitative estimate of drug-likeness (QED) is 0.901. The van der Waals surface area contributed by atoms with Gasteiger partial charge in [0.05, 0.1) is 30.5 Å². The Morgan fingerprint density at radius 1 is 1.27 bits per heavy atom. The molecular formula is C15H16FN5O. The van der Waals surface area contributed by atoms with Crippen LogP contribution in [-0.2, 0) is 11.3 Å². The van der Waals surface area contributed by atoms with Crippen molar-refractivity contribution in [1.82, 2.24) is 25.2 Å². The molecule has 2 atom stereocenters. The third-order valence-corrected chi connectivity index (χ3v) is 4.50. The van der Waals surface area contributed by atoms with Crippen LogP contribution in [0.3, 0.4) is 0 Å². The van der Waals surface area contributed by atoms with Crippen LogP contribution in [0.25, 0.3) is 5.69 Å². The molecule has 1 N–H and O–H groups in total. The Hall–Kier alpha value is -2.28. The van der Waals surface area contributed by atoms with E-state index in [9.17, 15) is 9.18 Å². The van der Waals surface area contributed by atoms with Gasteiger partial charge < -0.3 is 10.2 Å². The fourth-order valence-electron chi connectivity index (χ4n) is 3.39. The molecule has 2 aromatic rings. The highest BCUT2D eigenvalue weighted by molar-refractivity contribution is 5.82. The molecule has 0 bridgehead atoms. The Bertz CT molecular complexity index is 702. The largest absolute Gasteiger partial charge is 0.338 e. The van der Waals surface area contributed by atoms with Crippen molar-refractivity contribution in [3.8, 4) is 5.69 Å². The first kappa shape index (κ1) is 13.4. The molecule has 4 rings (SSSR count). The fraction of sp³-hybridized carbons (Fsp3) is 0.400. The summed E-state index contributed by atoms with van der Waals surface area (Å²) in [6.45, 7) is 2.52. The van der Waals surface area contributed by atoms with Crippen LogP contribution in [0.5, 0.6) is 0 Å². The molecule has 0 radical (unpaired) electrons. The van der Waals surface area contributed by atoms with E-state index in [0.29, 0.717) is 23.7 Å². The van der Waals surface area contributed by atoms with Crippen LogP contribution in [0.15, 0.2) is 30.6 Å². The summed E-state index contributed by atoms with van der Waals surface area (Å²) < 4.78 is 14.3. The molecule has 0 spiro atoms. The molecule has 1 aromatic heterocycles. The lowest BCUT2D eigenvalue weighted by Crippen LogP contribution is -2.31. The van der Waals surface area contributed by atoms with Crippen molar-refractivity contribution in [3.05, 3.63) is 42.0 Å². The number of carbonyl (C=O) groups excluding carboxylic acids is 1. The van der Waals surface area contributed by atoms with E-state index in [1.807, 2.05) is 0 Å². The summed E-state index contributed by atoms with van der Waals surface area (Å²) in [7, 11) is 0. The van der Waals surface area contributed by atoms with Crippen LogP contribution < -0.4 is 5.32 Å². The lowest BCUT2D eigenvalue weighted by molar-refractivity contribution is -0.131. The van der Waals surface area contributed by atoms with Gasteiger partial charge in [-0.2, -0.15) is 15.0 Å². The van der Waals surface area contributed by atoms with Crippen LogP contribution >= 0.6 is 0 Å². The zero-order valence-corrected chi connectivity index (χ0v) is 11.9. The highest BCUT2D eigenvalue weighted by Crippen LogP contribution is 2.30. The third-order valence-electron chi connectivity index (χ3n) is 4.50. The van der Waals surface area contributed by atoms with Crippen molar-refractivity contribution < 1.29 is 9.18 Å². The molecule has 114 valence electrons. The maximum atomic E-state index is 14.3. The van der Waals surface area contributed by atoms with Crippen LogP contribution in [0.2, 0.25) is 0 Å². The molecule has 6 nitrogen and oxygen atoms in total. The summed E-state index contributed by atoms with van der Waals surface area (Å²) in [5.41, 5.74) is 1.04. The number of fused-ring (bicyclic) bond motifs is 1. The second-order valence-corrected chi connectivity index (χ2v) is 5.80. The minimum absolute atomic E-state index is 0.0399. The topological polar surface area (TPSA) is 63.1 Å². The van der Waals surface area contributed by atoms with Crippen molar-refractivity contribution in [1.29, 1.82) is 0 Å². The van der Waals surface area contributed by atoms with Crippen LogP contribution in [0.4, 0.5) is 4.39 Å². The summed E-state index contributed by atoms with van der Waals surface area (Å²) in [4.78, 5) is 15.6. The van der Waals surface area contributed by atoms with E-state index < -0.39 is 0 Å².